The molecular weight excluding hydrogens is 391 g/mol. The number of aryl methyl sites for hydroxylation is 1. The van der Waals surface area contributed by atoms with E-state index in [9.17, 15) is 4.79 Å². The lowest BCUT2D eigenvalue weighted by atomic mass is 10.0. The molecule has 8 heteroatoms. The molecular formula is C19H18Cl2N2O4. The zero-order valence-electron chi connectivity index (χ0n) is 15.2. The first-order chi connectivity index (χ1) is 12.9. The van der Waals surface area contributed by atoms with E-state index < -0.39 is 5.97 Å². The average Bonchev–Trinajstić information content (AvgIpc) is 2.67. The highest BCUT2D eigenvalue weighted by Crippen LogP contribution is 2.41. The van der Waals surface area contributed by atoms with Gasteiger partial charge in [0.15, 0.2) is 11.5 Å². The van der Waals surface area contributed by atoms with Crippen LogP contribution in [0, 0.1) is 6.92 Å². The largest absolute Gasteiger partial charge is 0.464 e. The van der Waals surface area contributed by atoms with Crippen molar-refractivity contribution in [3.63, 3.8) is 0 Å². The lowest BCUT2D eigenvalue weighted by Crippen LogP contribution is -2.35. The number of oxime groups is 1. The van der Waals surface area contributed by atoms with Crippen molar-refractivity contribution in [2.24, 2.45) is 5.16 Å². The van der Waals surface area contributed by atoms with E-state index in [4.69, 9.17) is 37.6 Å². The number of halogens is 2. The minimum Gasteiger partial charge on any atom is -0.464 e. The summed E-state index contributed by atoms with van der Waals surface area (Å²) in [5.41, 5.74) is 3.12. The maximum Gasteiger partial charge on any atom is 0.360 e. The van der Waals surface area contributed by atoms with Crippen LogP contribution in [0.25, 0.3) is 0 Å². The van der Waals surface area contributed by atoms with Gasteiger partial charge in [-0.25, -0.2) is 9.86 Å². The van der Waals surface area contributed by atoms with Crippen LogP contribution in [0.5, 0.6) is 5.75 Å². The molecule has 0 N–H and O–H groups in total. The molecule has 1 atom stereocenters. The molecule has 0 amide bonds. The molecule has 0 saturated heterocycles. The Morgan fingerprint density at radius 3 is 2.52 bits per heavy atom. The van der Waals surface area contributed by atoms with Crippen LogP contribution in [-0.4, -0.2) is 25.9 Å². The third kappa shape index (κ3) is 3.55. The van der Waals surface area contributed by atoms with Gasteiger partial charge in [-0.2, -0.15) is 0 Å². The van der Waals surface area contributed by atoms with Gasteiger partial charge in [-0.05, 0) is 49.2 Å². The normalized spacial score (nSPS) is 14.0. The van der Waals surface area contributed by atoms with Crippen molar-refractivity contribution in [2.45, 2.75) is 19.9 Å². The van der Waals surface area contributed by atoms with E-state index in [1.165, 1.54) is 14.2 Å². The number of ether oxygens (including phenoxy) is 1. The number of fused-ring (bicyclic) bond motifs is 3. The fraction of sp³-hybridized carbons (Fsp3) is 0.263. The molecule has 0 spiro atoms. The molecule has 0 fully saturated rings. The summed E-state index contributed by atoms with van der Waals surface area (Å²) in [5.74, 6) is -0.0951. The van der Waals surface area contributed by atoms with Crippen molar-refractivity contribution in [3.8, 4) is 5.75 Å². The molecule has 1 unspecified atom stereocenters. The zero-order chi connectivity index (χ0) is 19.7. The second-order valence-corrected chi connectivity index (χ2v) is 6.83. The summed E-state index contributed by atoms with van der Waals surface area (Å²) in [5, 5.41) is 6.51. The fourth-order valence-corrected chi connectivity index (χ4v) is 3.23. The van der Waals surface area contributed by atoms with Crippen molar-refractivity contribution >= 4 is 40.6 Å². The number of hydrogen-bond acceptors (Lipinski definition) is 6. The van der Waals surface area contributed by atoms with E-state index in [0.717, 1.165) is 16.8 Å². The highest BCUT2D eigenvalue weighted by atomic mass is 35.5. The highest BCUT2D eigenvalue weighted by Gasteiger charge is 2.32. The summed E-state index contributed by atoms with van der Waals surface area (Å²) in [4.78, 5) is 23.0. The van der Waals surface area contributed by atoms with Gasteiger partial charge in [0.1, 0.15) is 7.11 Å². The Morgan fingerprint density at radius 2 is 1.93 bits per heavy atom. The third-order valence-corrected chi connectivity index (χ3v) is 5.04. The Hall–Kier alpha value is -2.44. The number of hydroxylamine groups is 1. The number of rotatable bonds is 5. The summed E-state index contributed by atoms with van der Waals surface area (Å²) in [6.45, 7) is 3.88. The topological polar surface area (TPSA) is 60.4 Å². The molecule has 142 valence electrons. The Kier molecular flexibility index (Phi) is 5.48. The molecule has 0 aliphatic carbocycles. The van der Waals surface area contributed by atoms with Crippen LogP contribution in [0.3, 0.4) is 0 Å². The van der Waals surface area contributed by atoms with Gasteiger partial charge in [-0.3, -0.25) is 0 Å². The number of methoxy groups -OCH3 is 1. The van der Waals surface area contributed by atoms with Crippen LogP contribution < -0.4 is 9.90 Å². The number of carbonyl (C=O) groups excluding carboxylic acids is 1. The van der Waals surface area contributed by atoms with Crippen LogP contribution in [-0.2, 0) is 14.4 Å². The van der Waals surface area contributed by atoms with Crippen molar-refractivity contribution < 1.29 is 19.2 Å². The van der Waals surface area contributed by atoms with E-state index in [2.05, 4.69) is 5.16 Å². The number of carbonyl (C=O) groups is 1. The molecule has 2 bridgehead atoms. The SMILES string of the molecule is CON=C(C(=O)OC)c1cc2cc(C)c1ON2C(C)c1ccc(Cl)c(Cl)c1. The zero-order valence-corrected chi connectivity index (χ0v) is 16.8. The smallest absolute Gasteiger partial charge is 0.360 e. The second kappa shape index (κ2) is 7.66. The number of hydrogen-bond donors (Lipinski definition) is 0. The monoisotopic (exact) mass is 408 g/mol. The van der Waals surface area contributed by atoms with Crippen molar-refractivity contribution in [1.29, 1.82) is 0 Å². The fourth-order valence-electron chi connectivity index (χ4n) is 2.92. The van der Waals surface area contributed by atoms with Gasteiger partial charge in [0.2, 0.25) is 0 Å². The molecule has 2 aliphatic rings. The van der Waals surface area contributed by atoms with Crippen LogP contribution in [0.2, 0.25) is 10.0 Å². The lowest BCUT2D eigenvalue weighted by Gasteiger charge is -2.36. The first-order valence-electron chi connectivity index (χ1n) is 8.14. The maximum atomic E-state index is 12.1. The van der Waals surface area contributed by atoms with Crippen LogP contribution >= 0.6 is 23.2 Å². The molecule has 2 aliphatic heterocycles. The van der Waals surface area contributed by atoms with Gasteiger partial charge in [-0.15, -0.1) is 0 Å². The van der Waals surface area contributed by atoms with E-state index >= 15 is 0 Å². The Balaban J connectivity index is 2.01. The van der Waals surface area contributed by atoms with E-state index in [0.29, 0.717) is 21.4 Å². The first-order valence-corrected chi connectivity index (χ1v) is 8.89. The molecule has 6 nitrogen and oxygen atoms in total. The quantitative estimate of drug-likeness (QED) is 0.407. The van der Waals surface area contributed by atoms with Crippen LogP contribution in [0.1, 0.15) is 29.7 Å². The summed E-state index contributed by atoms with van der Waals surface area (Å²) in [6, 6.07) is 9.08. The standard InChI is InChI=1S/C19H18Cl2N2O4/c1-10-7-13-9-14(17(22-26-4)19(24)25-3)18(10)27-23(13)11(2)12-5-6-15(20)16(21)8-12/h5-9,11H,1-4H3. The molecule has 2 aromatic carbocycles. The maximum absolute atomic E-state index is 12.1. The number of esters is 1. The Morgan fingerprint density at radius 1 is 1.19 bits per heavy atom. The van der Waals surface area contributed by atoms with E-state index in [1.54, 1.807) is 17.2 Å². The molecule has 2 heterocycles. The van der Waals surface area contributed by atoms with Crippen LogP contribution in [0.15, 0.2) is 35.5 Å². The van der Waals surface area contributed by atoms with Gasteiger partial charge < -0.3 is 14.4 Å². The molecule has 0 aromatic heterocycles. The predicted molar refractivity (Wildman–Crippen MR) is 105 cm³/mol. The number of anilines is 1. The van der Waals surface area contributed by atoms with Crippen molar-refractivity contribution in [1.82, 2.24) is 0 Å². The summed E-state index contributed by atoms with van der Waals surface area (Å²) < 4.78 is 4.80. The minimum absolute atomic E-state index is 0.0433. The molecule has 0 radical (unpaired) electrons. The summed E-state index contributed by atoms with van der Waals surface area (Å²) >= 11 is 12.1. The van der Waals surface area contributed by atoms with Gasteiger partial charge in [0.05, 0.1) is 34.4 Å². The summed E-state index contributed by atoms with van der Waals surface area (Å²) in [7, 11) is 2.65. The Bertz CT molecular complexity index is 930. The Labute approximate surface area is 167 Å². The van der Waals surface area contributed by atoms with E-state index in [-0.39, 0.29) is 11.8 Å². The van der Waals surface area contributed by atoms with Gasteiger partial charge in [0, 0.05) is 0 Å². The lowest BCUT2D eigenvalue weighted by molar-refractivity contribution is -0.132. The predicted octanol–water partition coefficient (Wildman–Crippen LogP) is 4.70. The van der Waals surface area contributed by atoms with E-state index in [1.807, 2.05) is 32.0 Å². The molecule has 0 saturated carbocycles. The van der Waals surface area contributed by atoms with Crippen molar-refractivity contribution in [2.75, 3.05) is 19.3 Å². The second-order valence-electron chi connectivity index (χ2n) is 6.02. The van der Waals surface area contributed by atoms with Gasteiger partial charge >= 0.3 is 5.97 Å². The molecule has 4 rings (SSSR count). The van der Waals surface area contributed by atoms with Crippen molar-refractivity contribution in [3.05, 3.63) is 57.1 Å². The highest BCUT2D eigenvalue weighted by molar-refractivity contribution is 6.44. The van der Waals surface area contributed by atoms with Crippen LogP contribution in [0.4, 0.5) is 5.69 Å². The first kappa shape index (κ1) is 19.3. The van der Waals surface area contributed by atoms with Gasteiger partial charge in [-0.1, -0.05) is 34.4 Å². The number of nitrogens with zero attached hydrogens (tertiary/aromatic N) is 2. The third-order valence-electron chi connectivity index (χ3n) is 4.30. The number of benzene rings is 2. The summed E-state index contributed by atoms with van der Waals surface area (Å²) in [6.07, 6.45) is 0. The molecule has 27 heavy (non-hydrogen) atoms. The molecule has 2 aromatic rings. The van der Waals surface area contributed by atoms with Gasteiger partial charge in [0.25, 0.3) is 0 Å². The minimum atomic E-state index is -0.607. The average molecular weight is 409 g/mol.